The Morgan fingerprint density at radius 3 is 2.81 bits per heavy atom. The van der Waals surface area contributed by atoms with Gasteiger partial charge in [-0.3, -0.25) is 4.79 Å². The second-order valence-corrected chi connectivity index (χ2v) is 4.92. The van der Waals surface area contributed by atoms with Gasteiger partial charge in [0.15, 0.2) is 17.3 Å². The van der Waals surface area contributed by atoms with Crippen LogP contribution in [0.1, 0.15) is 25.5 Å². The SMILES string of the molecule is CC(=O)C1=C(C)N(N)C(=O)N[C@H]1c1ccc2c(c1)OCO2. The van der Waals surface area contributed by atoms with Crippen molar-refractivity contribution in [3.63, 3.8) is 0 Å². The number of hydrogen-bond acceptors (Lipinski definition) is 5. The van der Waals surface area contributed by atoms with E-state index in [0.717, 1.165) is 10.6 Å². The molecule has 1 aromatic carbocycles. The Hall–Kier alpha value is -2.54. The molecule has 3 rings (SSSR count). The van der Waals surface area contributed by atoms with Crippen LogP contribution in [0.2, 0.25) is 0 Å². The maximum Gasteiger partial charge on any atom is 0.336 e. The molecule has 0 unspecified atom stereocenters. The number of urea groups is 1. The Morgan fingerprint density at radius 2 is 2.10 bits per heavy atom. The maximum absolute atomic E-state index is 11.9. The van der Waals surface area contributed by atoms with E-state index in [2.05, 4.69) is 5.32 Å². The second-order valence-electron chi connectivity index (χ2n) is 4.92. The van der Waals surface area contributed by atoms with Crippen LogP contribution >= 0.6 is 0 Å². The van der Waals surface area contributed by atoms with E-state index in [9.17, 15) is 9.59 Å². The van der Waals surface area contributed by atoms with E-state index in [1.54, 1.807) is 25.1 Å². The average molecular weight is 289 g/mol. The highest BCUT2D eigenvalue weighted by Gasteiger charge is 2.33. The minimum atomic E-state index is -0.552. The van der Waals surface area contributed by atoms with Crippen LogP contribution in [0.25, 0.3) is 0 Å². The molecule has 0 aliphatic carbocycles. The molecule has 0 radical (unpaired) electrons. The van der Waals surface area contributed by atoms with Gasteiger partial charge in [0, 0.05) is 11.3 Å². The number of rotatable bonds is 2. The quantitative estimate of drug-likeness (QED) is 0.630. The van der Waals surface area contributed by atoms with E-state index in [1.807, 2.05) is 0 Å². The summed E-state index contributed by atoms with van der Waals surface area (Å²) in [6.45, 7) is 3.26. The fourth-order valence-corrected chi connectivity index (χ4v) is 2.56. The molecule has 7 heteroatoms. The summed E-state index contributed by atoms with van der Waals surface area (Å²) in [4.78, 5) is 23.8. The maximum atomic E-state index is 11.9. The van der Waals surface area contributed by atoms with Crippen molar-refractivity contribution in [2.45, 2.75) is 19.9 Å². The minimum Gasteiger partial charge on any atom is -0.454 e. The molecule has 2 aliphatic rings. The van der Waals surface area contributed by atoms with Gasteiger partial charge in [0.1, 0.15) is 0 Å². The third-order valence-electron chi connectivity index (χ3n) is 3.64. The molecule has 3 N–H and O–H groups in total. The Bertz CT molecular complexity index is 668. The number of allylic oxidation sites excluding steroid dienone is 1. The van der Waals surface area contributed by atoms with Crippen LogP contribution in [-0.2, 0) is 4.79 Å². The van der Waals surface area contributed by atoms with Crippen LogP contribution < -0.4 is 20.6 Å². The van der Waals surface area contributed by atoms with E-state index in [1.165, 1.54) is 6.92 Å². The lowest BCUT2D eigenvalue weighted by Gasteiger charge is -2.32. The first-order valence-electron chi connectivity index (χ1n) is 6.45. The van der Waals surface area contributed by atoms with Crippen LogP contribution in [-0.4, -0.2) is 23.6 Å². The molecule has 21 heavy (non-hydrogen) atoms. The van der Waals surface area contributed by atoms with Crippen LogP contribution in [0.5, 0.6) is 11.5 Å². The van der Waals surface area contributed by atoms with Crippen molar-refractivity contribution in [3.8, 4) is 11.5 Å². The highest BCUT2D eigenvalue weighted by atomic mass is 16.7. The Balaban J connectivity index is 2.07. The van der Waals surface area contributed by atoms with Crippen LogP contribution in [0, 0.1) is 0 Å². The summed E-state index contributed by atoms with van der Waals surface area (Å²) in [6.07, 6.45) is 0. The molecular formula is C14H15N3O4. The third kappa shape index (κ3) is 2.11. The van der Waals surface area contributed by atoms with Crippen LogP contribution in [0.4, 0.5) is 4.79 Å². The fraction of sp³-hybridized carbons (Fsp3) is 0.286. The number of ketones is 1. The summed E-state index contributed by atoms with van der Waals surface area (Å²) < 4.78 is 10.6. The number of fused-ring (bicyclic) bond motifs is 1. The molecular weight excluding hydrogens is 274 g/mol. The molecule has 2 amide bonds. The lowest BCUT2D eigenvalue weighted by molar-refractivity contribution is -0.114. The first-order chi connectivity index (χ1) is 9.99. The standard InChI is InChI=1S/C14H15N3O4/c1-7-12(8(2)18)13(16-14(19)17(7)15)9-3-4-10-11(5-9)21-6-20-10/h3-5,13H,6,15H2,1-2H3,(H,16,19)/t13-/m0/s1. The molecule has 110 valence electrons. The molecule has 1 atom stereocenters. The van der Waals surface area contributed by atoms with Crippen molar-refractivity contribution in [2.24, 2.45) is 5.84 Å². The number of hydrogen-bond donors (Lipinski definition) is 2. The monoisotopic (exact) mass is 289 g/mol. The number of amides is 2. The number of hydrazine groups is 1. The zero-order chi connectivity index (χ0) is 15.1. The van der Waals surface area contributed by atoms with Gasteiger partial charge in [-0.25, -0.2) is 15.6 Å². The van der Waals surface area contributed by atoms with E-state index in [0.29, 0.717) is 22.8 Å². The van der Waals surface area contributed by atoms with Crippen molar-refractivity contribution in [1.82, 2.24) is 10.3 Å². The predicted molar refractivity (Wildman–Crippen MR) is 73.2 cm³/mol. The second kappa shape index (κ2) is 4.78. The highest BCUT2D eigenvalue weighted by molar-refractivity contribution is 5.98. The van der Waals surface area contributed by atoms with Crippen molar-refractivity contribution in [1.29, 1.82) is 0 Å². The van der Waals surface area contributed by atoms with Gasteiger partial charge in [-0.2, -0.15) is 0 Å². The zero-order valence-corrected chi connectivity index (χ0v) is 11.7. The topological polar surface area (TPSA) is 93.9 Å². The summed E-state index contributed by atoms with van der Waals surface area (Å²) in [7, 11) is 0. The number of nitrogens with one attached hydrogen (secondary N) is 1. The summed E-state index contributed by atoms with van der Waals surface area (Å²) in [5.41, 5.74) is 1.63. The lowest BCUT2D eigenvalue weighted by Crippen LogP contribution is -2.50. The summed E-state index contributed by atoms with van der Waals surface area (Å²) in [5.74, 6) is 6.74. The smallest absolute Gasteiger partial charge is 0.336 e. The predicted octanol–water partition coefficient (Wildman–Crippen LogP) is 1.22. The molecule has 7 nitrogen and oxygen atoms in total. The number of carbonyl (C=O) groups is 2. The van der Waals surface area contributed by atoms with E-state index < -0.39 is 12.1 Å². The fourth-order valence-electron chi connectivity index (χ4n) is 2.56. The molecule has 0 saturated carbocycles. The van der Waals surface area contributed by atoms with Crippen molar-refractivity contribution >= 4 is 11.8 Å². The van der Waals surface area contributed by atoms with Crippen molar-refractivity contribution in [3.05, 3.63) is 35.0 Å². The van der Waals surface area contributed by atoms with Gasteiger partial charge in [-0.15, -0.1) is 0 Å². The summed E-state index contributed by atoms with van der Waals surface area (Å²) >= 11 is 0. The lowest BCUT2D eigenvalue weighted by atomic mass is 9.92. The first kappa shape index (κ1) is 13.4. The number of Topliss-reactive ketones (excluding diaryl/α,β-unsaturated/α-hetero) is 1. The number of ether oxygens (including phenoxy) is 2. The van der Waals surface area contributed by atoms with Crippen LogP contribution in [0.3, 0.4) is 0 Å². The number of nitrogens with two attached hydrogens (primary N) is 1. The molecule has 0 bridgehead atoms. The Labute approximate surface area is 121 Å². The Morgan fingerprint density at radius 1 is 1.38 bits per heavy atom. The minimum absolute atomic E-state index is 0.148. The normalized spacial score (nSPS) is 20.6. The number of carbonyl (C=O) groups excluding carboxylic acids is 2. The van der Waals surface area contributed by atoms with Gasteiger partial charge in [-0.1, -0.05) is 6.07 Å². The zero-order valence-electron chi connectivity index (χ0n) is 11.7. The Kier molecular flexibility index (Phi) is 3.06. The van der Waals surface area contributed by atoms with Gasteiger partial charge in [0.05, 0.1) is 6.04 Å². The van der Waals surface area contributed by atoms with E-state index in [4.69, 9.17) is 15.3 Å². The molecule has 2 heterocycles. The van der Waals surface area contributed by atoms with Gasteiger partial charge >= 0.3 is 6.03 Å². The van der Waals surface area contributed by atoms with Crippen molar-refractivity contribution < 1.29 is 19.1 Å². The molecule has 0 saturated heterocycles. The largest absolute Gasteiger partial charge is 0.454 e. The highest BCUT2D eigenvalue weighted by Crippen LogP contribution is 2.37. The number of nitrogens with zero attached hydrogens (tertiary/aromatic N) is 1. The average Bonchev–Trinajstić information content (AvgIpc) is 2.91. The van der Waals surface area contributed by atoms with E-state index in [-0.39, 0.29) is 12.6 Å². The van der Waals surface area contributed by atoms with Gasteiger partial charge in [0.25, 0.3) is 0 Å². The molecule has 0 aromatic heterocycles. The third-order valence-corrected chi connectivity index (χ3v) is 3.64. The first-order valence-corrected chi connectivity index (χ1v) is 6.45. The van der Waals surface area contributed by atoms with Gasteiger partial charge < -0.3 is 14.8 Å². The summed E-state index contributed by atoms with van der Waals surface area (Å²) in [5, 5.41) is 3.67. The van der Waals surface area contributed by atoms with Gasteiger partial charge in [0.2, 0.25) is 6.79 Å². The van der Waals surface area contributed by atoms with Gasteiger partial charge in [-0.05, 0) is 31.5 Å². The van der Waals surface area contributed by atoms with Crippen molar-refractivity contribution in [2.75, 3.05) is 6.79 Å². The van der Waals surface area contributed by atoms with Crippen LogP contribution in [0.15, 0.2) is 29.5 Å². The number of benzene rings is 1. The molecule has 0 spiro atoms. The molecule has 2 aliphatic heterocycles. The summed E-state index contributed by atoms with van der Waals surface area (Å²) in [6, 6.07) is 4.30. The molecule has 1 aromatic rings. The van der Waals surface area contributed by atoms with E-state index >= 15 is 0 Å². The molecule has 0 fully saturated rings.